The fourth-order valence-electron chi connectivity index (χ4n) is 4.60. The number of piperidine rings is 1. The molecule has 0 amide bonds. The van der Waals surface area contributed by atoms with Crippen LogP contribution in [0, 0.1) is 18.8 Å². The zero-order valence-electron chi connectivity index (χ0n) is 16.4. The molecule has 2 aliphatic rings. The Kier molecular flexibility index (Phi) is 5.98. The first-order valence-electron chi connectivity index (χ1n) is 10.6. The molecular formula is C22H32N2O3. The minimum Gasteiger partial charge on any atom is -0.493 e. The van der Waals surface area contributed by atoms with Crippen molar-refractivity contribution >= 4 is 11.0 Å². The molecule has 0 spiro atoms. The van der Waals surface area contributed by atoms with Crippen LogP contribution in [-0.2, 0) is 6.42 Å². The van der Waals surface area contributed by atoms with E-state index >= 15 is 0 Å². The van der Waals surface area contributed by atoms with Crippen molar-refractivity contribution in [3.05, 3.63) is 23.4 Å². The van der Waals surface area contributed by atoms with Gasteiger partial charge < -0.3 is 19.7 Å². The zero-order chi connectivity index (χ0) is 18.6. The van der Waals surface area contributed by atoms with Crippen LogP contribution in [0.15, 0.2) is 16.7 Å². The molecule has 0 bridgehead atoms. The summed E-state index contributed by atoms with van der Waals surface area (Å²) in [6.07, 6.45) is 8.72. The Bertz CT molecular complexity index is 751. The molecule has 4 rings (SSSR count). The van der Waals surface area contributed by atoms with Crippen LogP contribution in [0.2, 0.25) is 0 Å². The molecule has 5 nitrogen and oxygen atoms in total. The monoisotopic (exact) mass is 372 g/mol. The van der Waals surface area contributed by atoms with Gasteiger partial charge in [0, 0.05) is 16.9 Å². The van der Waals surface area contributed by atoms with Crippen molar-refractivity contribution in [2.24, 2.45) is 11.8 Å². The van der Waals surface area contributed by atoms with Crippen LogP contribution < -0.4 is 10.1 Å². The van der Waals surface area contributed by atoms with E-state index in [-0.39, 0.29) is 12.0 Å². The molecule has 2 aromatic rings. The van der Waals surface area contributed by atoms with Gasteiger partial charge in [-0.05, 0) is 76.6 Å². The lowest BCUT2D eigenvalue weighted by Gasteiger charge is -2.27. The number of nitrogens with one attached hydrogen (secondary N) is 1. The van der Waals surface area contributed by atoms with Crippen molar-refractivity contribution in [1.29, 1.82) is 0 Å². The second kappa shape index (κ2) is 8.61. The molecule has 2 N–H and O–H groups in total. The third-order valence-electron chi connectivity index (χ3n) is 6.48. The van der Waals surface area contributed by atoms with E-state index in [1.807, 2.05) is 13.0 Å². The molecule has 148 valence electrons. The summed E-state index contributed by atoms with van der Waals surface area (Å²) in [5, 5.41) is 19.0. The van der Waals surface area contributed by atoms with Crippen molar-refractivity contribution in [2.45, 2.75) is 64.4 Å². The van der Waals surface area contributed by atoms with Gasteiger partial charge in [0.2, 0.25) is 0 Å². The second-order valence-electron chi connectivity index (χ2n) is 8.35. The molecule has 1 aromatic carbocycles. The van der Waals surface area contributed by atoms with Crippen LogP contribution in [0.3, 0.4) is 0 Å². The molecule has 1 aliphatic heterocycles. The molecule has 0 radical (unpaired) electrons. The minimum atomic E-state index is -0.227. The quantitative estimate of drug-likeness (QED) is 0.802. The van der Waals surface area contributed by atoms with E-state index in [0.29, 0.717) is 6.61 Å². The predicted molar refractivity (Wildman–Crippen MR) is 106 cm³/mol. The Balaban J connectivity index is 1.41. The first kappa shape index (κ1) is 18.8. The van der Waals surface area contributed by atoms with E-state index in [9.17, 15) is 5.11 Å². The number of fused-ring (bicyclic) bond motifs is 1. The first-order valence-corrected chi connectivity index (χ1v) is 10.6. The molecule has 27 heavy (non-hydrogen) atoms. The molecular weight excluding hydrogens is 340 g/mol. The Labute approximate surface area is 161 Å². The van der Waals surface area contributed by atoms with Gasteiger partial charge in [-0.3, -0.25) is 0 Å². The summed E-state index contributed by atoms with van der Waals surface area (Å²) >= 11 is 0. The van der Waals surface area contributed by atoms with E-state index < -0.39 is 0 Å². The lowest BCUT2D eigenvalue weighted by Crippen LogP contribution is -2.29. The molecule has 2 fully saturated rings. The fraction of sp³-hybridized carbons (Fsp3) is 0.682. The third kappa shape index (κ3) is 4.30. The first-order chi connectivity index (χ1) is 13.2. The van der Waals surface area contributed by atoms with Gasteiger partial charge in [0.25, 0.3) is 0 Å². The van der Waals surface area contributed by atoms with Crippen molar-refractivity contribution in [1.82, 2.24) is 10.5 Å². The highest BCUT2D eigenvalue weighted by atomic mass is 16.5. The number of aryl methyl sites for hydroxylation is 2. The SMILES string of the molecule is Cc1c(OCC2CCCCC2O)ccc2c(CCC3CCNCC3)noc12. The fourth-order valence-corrected chi connectivity index (χ4v) is 4.60. The van der Waals surface area contributed by atoms with Gasteiger partial charge in [0.15, 0.2) is 5.58 Å². The van der Waals surface area contributed by atoms with Gasteiger partial charge in [0.05, 0.1) is 18.4 Å². The average Bonchev–Trinajstić information content (AvgIpc) is 3.12. The van der Waals surface area contributed by atoms with E-state index in [2.05, 4.69) is 16.5 Å². The number of benzene rings is 1. The van der Waals surface area contributed by atoms with E-state index in [1.54, 1.807) is 0 Å². The van der Waals surface area contributed by atoms with Crippen LogP contribution in [0.4, 0.5) is 0 Å². The van der Waals surface area contributed by atoms with Gasteiger partial charge >= 0.3 is 0 Å². The van der Waals surface area contributed by atoms with E-state index in [4.69, 9.17) is 9.26 Å². The lowest BCUT2D eigenvalue weighted by atomic mass is 9.87. The standard InChI is InChI=1S/C22H32N2O3/c1-15-21(26-14-17-4-2-3-5-20(17)25)9-7-18-19(24-27-22(15)18)8-6-16-10-12-23-13-11-16/h7,9,16-17,20,23,25H,2-6,8,10-14H2,1H3. The third-order valence-corrected chi connectivity index (χ3v) is 6.48. The van der Waals surface area contributed by atoms with Gasteiger partial charge in [0.1, 0.15) is 5.75 Å². The van der Waals surface area contributed by atoms with Crippen LogP contribution >= 0.6 is 0 Å². The number of aliphatic hydroxyl groups excluding tert-OH is 1. The summed E-state index contributed by atoms with van der Waals surface area (Å²) < 4.78 is 11.7. The summed E-state index contributed by atoms with van der Waals surface area (Å²) in [6.45, 7) is 4.89. The number of hydrogen-bond donors (Lipinski definition) is 2. The van der Waals surface area contributed by atoms with E-state index in [0.717, 1.165) is 72.7 Å². The number of nitrogens with zero attached hydrogens (tertiary/aromatic N) is 1. The zero-order valence-corrected chi connectivity index (χ0v) is 16.4. The molecule has 1 aliphatic carbocycles. The van der Waals surface area contributed by atoms with E-state index in [1.165, 1.54) is 25.7 Å². The number of rotatable bonds is 6. The highest BCUT2D eigenvalue weighted by molar-refractivity contribution is 5.84. The van der Waals surface area contributed by atoms with Gasteiger partial charge in [-0.15, -0.1) is 0 Å². The summed E-state index contributed by atoms with van der Waals surface area (Å²) in [7, 11) is 0. The molecule has 1 aromatic heterocycles. The summed E-state index contributed by atoms with van der Waals surface area (Å²) in [4.78, 5) is 0. The van der Waals surface area contributed by atoms with Crippen molar-refractivity contribution in [2.75, 3.05) is 19.7 Å². The number of aromatic nitrogens is 1. The van der Waals surface area contributed by atoms with Crippen molar-refractivity contribution < 1.29 is 14.4 Å². The maximum absolute atomic E-state index is 10.1. The lowest BCUT2D eigenvalue weighted by molar-refractivity contribution is 0.0421. The average molecular weight is 373 g/mol. The Morgan fingerprint density at radius 1 is 1.19 bits per heavy atom. The summed E-state index contributed by atoms with van der Waals surface area (Å²) in [5.41, 5.74) is 2.93. The van der Waals surface area contributed by atoms with Gasteiger partial charge in [-0.25, -0.2) is 0 Å². The highest BCUT2D eigenvalue weighted by Gasteiger charge is 2.24. The minimum absolute atomic E-state index is 0.227. The largest absolute Gasteiger partial charge is 0.493 e. The van der Waals surface area contributed by atoms with Crippen LogP contribution in [0.1, 0.15) is 56.2 Å². The van der Waals surface area contributed by atoms with Crippen LogP contribution in [0.5, 0.6) is 5.75 Å². The van der Waals surface area contributed by atoms with Crippen LogP contribution in [-0.4, -0.2) is 36.1 Å². The molecule has 2 heterocycles. The topological polar surface area (TPSA) is 67.5 Å². The maximum Gasteiger partial charge on any atom is 0.173 e. The molecule has 2 unspecified atom stereocenters. The molecule has 2 atom stereocenters. The van der Waals surface area contributed by atoms with Gasteiger partial charge in [-0.2, -0.15) is 0 Å². The Morgan fingerprint density at radius 3 is 2.81 bits per heavy atom. The smallest absolute Gasteiger partial charge is 0.173 e. The normalized spacial score (nSPS) is 24.4. The maximum atomic E-state index is 10.1. The summed E-state index contributed by atoms with van der Waals surface area (Å²) in [5.74, 6) is 1.88. The summed E-state index contributed by atoms with van der Waals surface area (Å²) in [6, 6.07) is 4.13. The second-order valence-corrected chi connectivity index (χ2v) is 8.35. The predicted octanol–water partition coefficient (Wildman–Crippen LogP) is 4.00. The van der Waals surface area contributed by atoms with Crippen LogP contribution in [0.25, 0.3) is 11.0 Å². The molecule has 1 saturated carbocycles. The molecule has 1 saturated heterocycles. The number of hydrogen-bond acceptors (Lipinski definition) is 5. The Hall–Kier alpha value is -1.59. The van der Waals surface area contributed by atoms with Crippen molar-refractivity contribution in [3.63, 3.8) is 0 Å². The molecule has 5 heteroatoms. The number of aliphatic hydroxyl groups is 1. The number of ether oxygens (including phenoxy) is 1. The van der Waals surface area contributed by atoms with Gasteiger partial charge in [-0.1, -0.05) is 18.0 Å². The Morgan fingerprint density at radius 2 is 2.00 bits per heavy atom. The highest BCUT2D eigenvalue weighted by Crippen LogP contribution is 2.32. The van der Waals surface area contributed by atoms with Crippen molar-refractivity contribution in [3.8, 4) is 5.75 Å².